The molecule has 0 saturated carbocycles. The van der Waals surface area contributed by atoms with Crippen LogP contribution < -0.4 is 5.73 Å². The monoisotopic (exact) mass is 240 g/mol. The van der Waals surface area contributed by atoms with E-state index in [0.29, 0.717) is 13.0 Å². The largest absolute Gasteiger partial charge is 0.341 e. The van der Waals surface area contributed by atoms with Crippen LogP contribution in [-0.4, -0.2) is 23.9 Å². The summed E-state index contributed by atoms with van der Waals surface area (Å²) in [5.74, 6) is -1.03. The lowest BCUT2D eigenvalue weighted by Gasteiger charge is -2.21. The number of hydrogen-bond acceptors (Lipinski definition) is 2. The zero-order valence-corrected chi connectivity index (χ0v) is 9.33. The summed E-state index contributed by atoms with van der Waals surface area (Å²) in [6.07, 6.45) is 1.32. The van der Waals surface area contributed by atoms with Crippen LogP contribution in [0.25, 0.3) is 0 Å². The minimum absolute atomic E-state index is 0.0252. The summed E-state index contributed by atoms with van der Waals surface area (Å²) in [5.41, 5.74) is 5.92. The molecule has 1 aromatic rings. The van der Waals surface area contributed by atoms with Crippen molar-refractivity contribution in [1.82, 2.24) is 4.90 Å². The fourth-order valence-electron chi connectivity index (χ4n) is 2.03. The van der Waals surface area contributed by atoms with Crippen molar-refractivity contribution >= 4 is 5.91 Å². The van der Waals surface area contributed by atoms with Gasteiger partial charge in [-0.05, 0) is 24.6 Å². The second kappa shape index (κ2) is 4.79. The van der Waals surface area contributed by atoms with E-state index in [1.807, 2.05) is 0 Å². The number of benzene rings is 1. The molecular weight excluding hydrogens is 226 g/mol. The van der Waals surface area contributed by atoms with Crippen molar-refractivity contribution in [2.24, 2.45) is 5.73 Å². The van der Waals surface area contributed by atoms with Gasteiger partial charge < -0.3 is 10.6 Å². The smallest absolute Gasteiger partial charge is 0.222 e. The standard InChI is InChI=1S/C12H14F2N2O/c13-8-3-4-10(14)9(6-8)11(15)7-16-5-1-2-12(16)17/h3-4,6,11H,1-2,5,7,15H2. The number of carbonyl (C=O) groups excluding carboxylic acids is 1. The second-order valence-electron chi connectivity index (χ2n) is 4.22. The highest BCUT2D eigenvalue weighted by Crippen LogP contribution is 2.20. The second-order valence-corrected chi connectivity index (χ2v) is 4.22. The SMILES string of the molecule is NC(CN1CCCC1=O)c1cc(F)ccc1F. The molecule has 92 valence electrons. The number of rotatable bonds is 3. The first-order valence-corrected chi connectivity index (χ1v) is 5.56. The van der Waals surface area contributed by atoms with E-state index in [1.54, 1.807) is 4.90 Å². The molecule has 1 aliphatic heterocycles. The summed E-state index contributed by atoms with van der Waals surface area (Å²) in [6.45, 7) is 0.878. The highest BCUT2D eigenvalue weighted by atomic mass is 19.1. The average molecular weight is 240 g/mol. The maximum atomic E-state index is 13.4. The van der Waals surface area contributed by atoms with Crippen LogP contribution >= 0.6 is 0 Å². The first-order chi connectivity index (χ1) is 8.08. The van der Waals surface area contributed by atoms with Gasteiger partial charge in [0.25, 0.3) is 0 Å². The third kappa shape index (κ3) is 2.61. The molecular formula is C12H14F2N2O. The zero-order valence-electron chi connectivity index (χ0n) is 9.33. The van der Waals surface area contributed by atoms with Crippen LogP contribution in [0.15, 0.2) is 18.2 Å². The van der Waals surface area contributed by atoms with Gasteiger partial charge in [0.2, 0.25) is 5.91 Å². The summed E-state index contributed by atoms with van der Waals surface area (Å²) in [4.78, 5) is 13.0. The van der Waals surface area contributed by atoms with Crippen LogP contribution in [0.2, 0.25) is 0 Å². The zero-order chi connectivity index (χ0) is 12.4. The number of hydrogen-bond donors (Lipinski definition) is 1. The first kappa shape index (κ1) is 12.0. The van der Waals surface area contributed by atoms with Crippen molar-refractivity contribution in [3.63, 3.8) is 0 Å². The number of halogens is 2. The van der Waals surface area contributed by atoms with Crippen LogP contribution in [0, 0.1) is 11.6 Å². The lowest BCUT2D eigenvalue weighted by molar-refractivity contribution is -0.127. The molecule has 0 aromatic heterocycles. The van der Waals surface area contributed by atoms with Crippen molar-refractivity contribution in [3.05, 3.63) is 35.4 Å². The summed E-state index contributed by atoms with van der Waals surface area (Å²) >= 11 is 0. The van der Waals surface area contributed by atoms with Gasteiger partial charge in [0.1, 0.15) is 11.6 Å². The van der Waals surface area contributed by atoms with Gasteiger partial charge in [-0.15, -0.1) is 0 Å². The van der Waals surface area contributed by atoms with Crippen LogP contribution in [0.5, 0.6) is 0 Å². The Morgan fingerprint density at radius 3 is 2.82 bits per heavy atom. The maximum Gasteiger partial charge on any atom is 0.222 e. The van der Waals surface area contributed by atoms with E-state index in [9.17, 15) is 13.6 Å². The van der Waals surface area contributed by atoms with Gasteiger partial charge in [-0.25, -0.2) is 8.78 Å². The van der Waals surface area contributed by atoms with Crippen LogP contribution in [0.3, 0.4) is 0 Å². The van der Waals surface area contributed by atoms with Crippen LogP contribution in [0.4, 0.5) is 8.78 Å². The van der Waals surface area contributed by atoms with E-state index in [2.05, 4.69) is 0 Å². The Hall–Kier alpha value is -1.49. The van der Waals surface area contributed by atoms with Crippen molar-refractivity contribution in [1.29, 1.82) is 0 Å². The van der Waals surface area contributed by atoms with Crippen molar-refractivity contribution in [2.45, 2.75) is 18.9 Å². The van der Waals surface area contributed by atoms with Gasteiger partial charge in [-0.3, -0.25) is 4.79 Å². The minimum Gasteiger partial charge on any atom is -0.341 e. The molecule has 1 saturated heterocycles. The quantitative estimate of drug-likeness (QED) is 0.872. The minimum atomic E-state index is -0.687. The van der Waals surface area contributed by atoms with Crippen LogP contribution in [-0.2, 0) is 4.79 Å². The third-order valence-electron chi connectivity index (χ3n) is 2.95. The molecule has 5 heteroatoms. The molecule has 1 heterocycles. The van der Waals surface area contributed by atoms with Crippen LogP contribution in [0.1, 0.15) is 24.4 Å². The fraction of sp³-hybridized carbons (Fsp3) is 0.417. The number of nitrogens with two attached hydrogens (primary N) is 1. The average Bonchev–Trinajstić information content (AvgIpc) is 2.68. The summed E-state index contributed by atoms with van der Waals surface area (Å²) in [7, 11) is 0. The molecule has 1 atom stereocenters. The molecule has 0 aliphatic carbocycles. The summed E-state index contributed by atoms with van der Waals surface area (Å²) in [5, 5.41) is 0. The number of likely N-dealkylation sites (tertiary alicyclic amines) is 1. The number of carbonyl (C=O) groups is 1. The Kier molecular flexibility index (Phi) is 3.38. The molecule has 1 aromatic carbocycles. The van der Waals surface area contributed by atoms with Crippen molar-refractivity contribution in [3.8, 4) is 0 Å². The molecule has 0 radical (unpaired) electrons. The topological polar surface area (TPSA) is 46.3 Å². The maximum absolute atomic E-state index is 13.4. The van der Waals surface area contributed by atoms with Crippen molar-refractivity contribution in [2.75, 3.05) is 13.1 Å². The predicted octanol–water partition coefficient (Wildman–Crippen LogP) is 1.59. The molecule has 3 nitrogen and oxygen atoms in total. The molecule has 1 unspecified atom stereocenters. The van der Waals surface area contributed by atoms with Gasteiger partial charge in [0.15, 0.2) is 0 Å². The Balaban J connectivity index is 2.11. The van der Waals surface area contributed by atoms with Gasteiger partial charge in [-0.2, -0.15) is 0 Å². The molecule has 2 rings (SSSR count). The number of nitrogens with zero attached hydrogens (tertiary/aromatic N) is 1. The molecule has 0 bridgehead atoms. The number of amides is 1. The molecule has 1 aliphatic rings. The third-order valence-corrected chi connectivity index (χ3v) is 2.95. The first-order valence-electron chi connectivity index (χ1n) is 5.56. The summed E-state index contributed by atoms with van der Waals surface area (Å²) < 4.78 is 26.4. The van der Waals surface area contributed by atoms with Gasteiger partial charge >= 0.3 is 0 Å². The fourth-order valence-corrected chi connectivity index (χ4v) is 2.03. The lowest BCUT2D eigenvalue weighted by atomic mass is 10.1. The molecule has 2 N–H and O–H groups in total. The van der Waals surface area contributed by atoms with E-state index in [1.165, 1.54) is 0 Å². The molecule has 1 fully saturated rings. The van der Waals surface area contributed by atoms with Gasteiger partial charge in [0.05, 0.1) is 6.04 Å². The Bertz CT molecular complexity index is 437. The lowest BCUT2D eigenvalue weighted by Crippen LogP contribution is -2.33. The molecule has 0 spiro atoms. The summed E-state index contributed by atoms with van der Waals surface area (Å²) in [6, 6.07) is 2.50. The van der Waals surface area contributed by atoms with E-state index in [-0.39, 0.29) is 18.0 Å². The highest BCUT2D eigenvalue weighted by Gasteiger charge is 2.23. The van der Waals surface area contributed by atoms with Gasteiger partial charge in [-0.1, -0.05) is 0 Å². The van der Waals surface area contributed by atoms with E-state index in [4.69, 9.17) is 5.73 Å². The predicted molar refractivity (Wildman–Crippen MR) is 59.1 cm³/mol. The van der Waals surface area contributed by atoms with E-state index in [0.717, 1.165) is 24.6 Å². The molecule has 17 heavy (non-hydrogen) atoms. The van der Waals surface area contributed by atoms with E-state index < -0.39 is 17.7 Å². The highest BCUT2D eigenvalue weighted by molar-refractivity contribution is 5.78. The Labute approximate surface area is 98.2 Å². The van der Waals surface area contributed by atoms with E-state index >= 15 is 0 Å². The Morgan fingerprint density at radius 2 is 2.18 bits per heavy atom. The normalized spacial score (nSPS) is 17.6. The van der Waals surface area contributed by atoms with Crippen molar-refractivity contribution < 1.29 is 13.6 Å². The van der Waals surface area contributed by atoms with Gasteiger partial charge in [0, 0.05) is 25.1 Å². The Morgan fingerprint density at radius 1 is 1.41 bits per heavy atom. The molecule has 1 amide bonds.